The first kappa shape index (κ1) is 13.7. The molecule has 5 heteroatoms. The summed E-state index contributed by atoms with van der Waals surface area (Å²) in [6, 6.07) is 0. The van der Waals surface area contributed by atoms with Crippen LogP contribution in [0.5, 0.6) is 5.88 Å². The van der Waals surface area contributed by atoms with Gasteiger partial charge in [0.2, 0.25) is 5.88 Å². The third-order valence-electron chi connectivity index (χ3n) is 2.28. The van der Waals surface area contributed by atoms with Gasteiger partial charge in [-0.2, -0.15) is 4.98 Å². The van der Waals surface area contributed by atoms with Gasteiger partial charge in [0.05, 0.1) is 25.1 Å². The molecule has 0 saturated carbocycles. The third-order valence-corrected chi connectivity index (χ3v) is 2.28. The molecule has 5 nitrogen and oxygen atoms in total. The summed E-state index contributed by atoms with van der Waals surface area (Å²) < 4.78 is 5.26. The molecule has 0 unspecified atom stereocenters. The highest BCUT2D eigenvalue weighted by Gasteiger charge is 2.06. The normalized spacial score (nSPS) is 14.1. The van der Waals surface area contributed by atoms with Gasteiger partial charge in [0, 0.05) is 6.54 Å². The van der Waals surface area contributed by atoms with E-state index in [-0.39, 0.29) is 6.10 Å². The van der Waals surface area contributed by atoms with E-state index in [0.29, 0.717) is 24.2 Å². The van der Waals surface area contributed by atoms with E-state index in [4.69, 9.17) is 4.74 Å². The highest BCUT2D eigenvalue weighted by Crippen LogP contribution is 2.11. The maximum atomic E-state index is 9.26. The van der Waals surface area contributed by atoms with Gasteiger partial charge in [0.25, 0.3) is 0 Å². The van der Waals surface area contributed by atoms with Gasteiger partial charge in [-0.05, 0) is 26.2 Å². The van der Waals surface area contributed by atoms with E-state index in [9.17, 15) is 5.11 Å². The van der Waals surface area contributed by atoms with E-state index in [1.807, 2.05) is 6.92 Å². The molecule has 0 aliphatic rings. The summed E-state index contributed by atoms with van der Waals surface area (Å²) in [4.78, 5) is 8.30. The third kappa shape index (κ3) is 5.49. The number of aliphatic hydroxyl groups excluding tert-OH is 1. The summed E-state index contributed by atoms with van der Waals surface area (Å²) >= 11 is 0. The molecule has 0 bridgehead atoms. The molecular weight excluding hydrogens is 218 g/mol. The fraction of sp³-hybridized carbons (Fsp3) is 0.667. The minimum absolute atomic E-state index is 0.271. The Hall–Kier alpha value is -1.36. The quantitative estimate of drug-likeness (QED) is 0.758. The Labute approximate surface area is 102 Å². The van der Waals surface area contributed by atoms with Crippen molar-refractivity contribution in [3.63, 3.8) is 0 Å². The summed E-state index contributed by atoms with van der Waals surface area (Å²) in [5.41, 5.74) is 0. The van der Waals surface area contributed by atoms with Crippen molar-refractivity contribution in [3.05, 3.63) is 12.4 Å². The predicted molar refractivity (Wildman–Crippen MR) is 67.2 cm³/mol. The number of anilines is 1. The monoisotopic (exact) mass is 239 g/mol. The fourth-order valence-electron chi connectivity index (χ4n) is 1.60. The van der Waals surface area contributed by atoms with Crippen molar-refractivity contribution in [2.24, 2.45) is 5.92 Å². The average molecular weight is 239 g/mol. The van der Waals surface area contributed by atoms with Gasteiger partial charge in [-0.25, -0.2) is 0 Å². The molecule has 0 fully saturated rings. The fourth-order valence-corrected chi connectivity index (χ4v) is 1.60. The molecule has 1 heterocycles. The first-order valence-electron chi connectivity index (χ1n) is 5.98. The Morgan fingerprint density at radius 1 is 1.41 bits per heavy atom. The minimum atomic E-state index is -0.271. The van der Waals surface area contributed by atoms with Crippen LogP contribution in [0.2, 0.25) is 0 Å². The molecular formula is C12H21N3O2. The molecule has 17 heavy (non-hydrogen) atoms. The Balaban J connectivity index is 2.43. The lowest BCUT2D eigenvalue weighted by Gasteiger charge is -2.14. The van der Waals surface area contributed by atoms with E-state index in [1.165, 1.54) is 0 Å². The van der Waals surface area contributed by atoms with Crippen molar-refractivity contribution < 1.29 is 9.84 Å². The average Bonchev–Trinajstić information content (AvgIpc) is 2.26. The first-order valence-corrected chi connectivity index (χ1v) is 5.98. The Morgan fingerprint density at radius 3 is 2.82 bits per heavy atom. The van der Waals surface area contributed by atoms with Crippen molar-refractivity contribution in [1.82, 2.24) is 9.97 Å². The largest absolute Gasteiger partial charge is 0.477 e. The maximum absolute atomic E-state index is 9.26. The molecule has 0 saturated heterocycles. The van der Waals surface area contributed by atoms with Gasteiger partial charge < -0.3 is 15.2 Å². The smallest absolute Gasteiger partial charge is 0.234 e. The molecule has 2 N–H and O–H groups in total. The lowest BCUT2D eigenvalue weighted by molar-refractivity contribution is 0.166. The zero-order valence-corrected chi connectivity index (χ0v) is 10.7. The summed E-state index contributed by atoms with van der Waals surface area (Å²) in [5, 5.41) is 12.4. The molecule has 0 aliphatic heterocycles. The van der Waals surface area contributed by atoms with Crippen molar-refractivity contribution in [3.8, 4) is 5.88 Å². The summed E-state index contributed by atoms with van der Waals surface area (Å²) in [7, 11) is 0. The summed E-state index contributed by atoms with van der Waals surface area (Å²) in [6.45, 7) is 7.13. The number of hydrogen-bond acceptors (Lipinski definition) is 5. The number of aliphatic hydroxyl groups is 1. The summed E-state index contributed by atoms with van der Waals surface area (Å²) in [6.07, 6.45) is 3.75. The van der Waals surface area contributed by atoms with Gasteiger partial charge in [0.15, 0.2) is 0 Å². The van der Waals surface area contributed by atoms with Crippen LogP contribution in [0.1, 0.15) is 27.2 Å². The van der Waals surface area contributed by atoms with Crippen LogP contribution in [-0.4, -0.2) is 34.3 Å². The van der Waals surface area contributed by atoms with Crippen molar-refractivity contribution in [1.29, 1.82) is 0 Å². The van der Waals surface area contributed by atoms with E-state index in [1.54, 1.807) is 19.3 Å². The number of rotatable bonds is 7. The topological polar surface area (TPSA) is 67.3 Å². The molecule has 0 radical (unpaired) electrons. The van der Waals surface area contributed by atoms with E-state index >= 15 is 0 Å². The second-order valence-corrected chi connectivity index (χ2v) is 4.25. The molecule has 96 valence electrons. The molecule has 1 aromatic heterocycles. The molecule has 0 aromatic carbocycles. The standard InChI is InChI=1S/C12H21N3O2/c1-4-17-12-8-13-7-11(15-12)14-6-9(2)5-10(3)16/h7-10,16H,4-6H2,1-3H3,(H,14,15)/t9-,10-/m0/s1. The number of nitrogens with zero attached hydrogens (tertiary/aromatic N) is 2. The van der Waals surface area contributed by atoms with Crippen LogP contribution in [0, 0.1) is 5.92 Å². The molecule has 0 amide bonds. The molecule has 2 atom stereocenters. The lowest BCUT2D eigenvalue weighted by Crippen LogP contribution is -2.17. The van der Waals surface area contributed by atoms with Crippen LogP contribution in [0.25, 0.3) is 0 Å². The number of ether oxygens (including phenoxy) is 1. The second-order valence-electron chi connectivity index (χ2n) is 4.25. The van der Waals surface area contributed by atoms with Gasteiger partial charge >= 0.3 is 0 Å². The Morgan fingerprint density at radius 2 is 2.18 bits per heavy atom. The number of hydrogen-bond donors (Lipinski definition) is 2. The van der Waals surface area contributed by atoms with E-state index in [0.717, 1.165) is 13.0 Å². The first-order chi connectivity index (χ1) is 8.11. The van der Waals surface area contributed by atoms with Gasteiger partial charge in [-0.3, -0.25) is 4.98 Å². The molecule has 0 spiro atoms. The van der Waals surface area contributed by atoms with Gasteiger partial charge in [-0.15, -0.1) is 0 Å². The van der Waals surface area contributed by atoms with Gasteiger partial charge in [0.1, 0.15) is 5.82 Å². The van der Waals surface area contributed by atoms with E-state index in [2.05, 4.69) is 22.2 Å². The lowest BCUT2D eigenvalue weighted by atomic mass is 10.1. The highest BCUT2D eigenvalue weighted by molar-refractivity contribution is 5.33. The predicted octanol–water partition coefficient (Wildman–Crippen LogP) is 1.69. The van der Waals surface area contributed by atoms with Crippen LogP contribution in [-0.2, 0) is 0 Å². The maximum Gasteiger partial charge on any atom is 0.234 e. The Kier molecular flexibility index (Phi) is 5.69. The van der Waals surface area contributed by atoms with E-state index < -0.39 is 0 Å². The van der Waals surface area contributed by atoms with Crippen molar-refractivity contribution >= 4 is 5.82 Å². The number of nitrogens with one attached hydrogen (secondary N) is 1. The molecule has 1 aromatic rings. The van der Waals surface area contributed by atoms with Crippen molar-refractivity contribution in [2.75, 3.05) is 18.5 Å². The van der Waals surface area contributed by atoms with Crippen LogP contribution in [0.4, 0.5) is 5.82 Å². The minimum Gasteiger partial charge on any atom is -0.477 e. The zero-order chi connectivity index (χ0) is 12.7. The SMILES string of the molecule is CCOc1cncc(NC[C@@H](C)C[C@H](C)O)n1. The van der Waals surface area contributed by atoms with Crippen LogP contribution >= 0.6 is 0 Å². The van der Waals surface area contributed by atoms with Crippen LogP contribution in [0.15, 0.2) is 12.4 Å². The zero-order valence-electron chi connectivity index (χ0n) is 10.7. The van der Waals surface area contributed by atoms with Crippen LogP contribution < -0.4 is 10.1 Å². The molecule has 1 rings (SSSR count). The highest BCUT2D eigenvalue weighted by atomic mass is 16.5. The Bertz CT molecular complexity index is 331. The summed E-state index contributed by atoms with van der Waals surface area (Å²) in [5.74, 6) is 1.61. The van der Waals surface area contributed by atoms with Crippen molar-refractivity contribution in [2.45, 2.75) is 33.3 Å². The van der Waals surface area contributed by atoms with Gasteiger partial charge in [-0.1, -0.05) is 6.92 Å². The number of aromatic nitrogens is 2. The van der Waals surface area contributed by atoms with Crippen LogP contribution in [0.3, 0.4) is 0 Å². The second kappa shape index (κ2) is 7.06. The molecule has 0 aliphatic carbocycles.